The lowest BCUT2D eigenvalue weighted by molar-refractivity contribution is -0.314. The van der Waals surface area contributed by atoms with E-state index in [1.54, 1.807) is 13.0 Å². The maximum absolute atomic E-state index is 11.5. The van der Waals surface area contributed by atoms with E-state index in [0.717, 1.165) is 19.3 Å². The van der Waals surface area contributed by atoms with E-state index in [1.165, 1.54) is 31.8 Å². The molecule has 6 heteroatoms. The van der Waals surface area contributed by atoms with Gasteiger partial charge in [0.15, 0.2) is 12.4 Å². The van der Waals surface area contributed by atoms with Gasteiger partial charge in [0.25, 0.3) is 0 Å². The van der Waals surface area contributed by atoms with Crippen LogP contribution < -0.4 is 0 Å². The smallest absolute Gasteiger partial charge is 0.303 e. The summed E-state index contributed by atoms with van der Waals surface area (Å²) in [6.45, 7) is 18.5. The van der Waals surface area contributed by atoms with E-state index in [9.17, 15) is 15.0 Å². The molecule has 2 fully saturated rings. The Balaban J connectivity index is 1.75. The Morgan fingerprint density at radius 2 is 1.97 bits per heavy atom. The first-order valence-corrected chi connectivity index (χ1v) is 12.9. The molecule has 6 nitrogen and oxygen atoms in total. The van der Waals surface area contributed by atoms with Gasteiger partial charge in [-0.05, 0) is 75.5 Å². The third-order valence-electron chi connectivity index (χ3n) is 9.13. The molecule has 0 aromatic rings. The maximum atomic E-state index is 11.5. The summed E-state index contributed by atoms with van der Waals surface area (Å²) in [6, 6.07) is 0. The standard InChI is InChI=1S/C28H46O6/c1-9-27(7,34-25-23(31)24(33-19(4)29)22(30)18(3)32-25)16-13-20-17(2)11-12-21-26(5,6)14-10-15-28(20,21)8/h9,11,18,20-25,30-31H,1,10,12-16H2,2-8H3/t18-,20?,21-,22-,23+,24+,25-,27-,28+/m0/s1. The van der Waals surface area contributed by atoms with Crippen LogP contribution in [0.5, 0.6) is 0 Å². The summed E-state index contributed by atoms with van der Waals surface area (Å²) in [4.78, 5) is 11.5. The molecular formula is C28H46O6. The van der Waals surface area contributed by atoms with E-state index in [2.05, 4.69) is 40.3 Å². The Morgan fingerprint density at radius 3 is 2.59 bits per heavy atom. The Morgan fingerprint density at radius 1 is 1.29 bits per heavy atom. The van der Waals surface area contributed by atoms with E-state index in [0.29, 0.717) is 17.3 Å². The van der Waals surface area contributed by atoms with E-state index in [4.69, 9.17) is 14.2 Å². The highest BCUT2D eigenvalue weighted by molar-refractivity contribution is 5.66. The topological polar surface area (TPSA) is 85.2 Å². The number of fused-ring (bicyclic) bond motifs is 1. The lowest BCUT2D eigenvalue weighted by Gasteiger charge is -2.57. The number of carbonyl (C=O) groups is 1. The monoisotopic (exact) mass is 478 g/mol. The van der Waals surface area contributed by atoms with Gasteiger partial charge in [0.1, 0.15) is 12.2 Å². The number of hydrogen-bond donors (Lipinski definition) is 2. The molecule has 2 N–H and O–H groups in total. The fourth-order valence-corrected chi connectivity index (χ4v) is 7.03. The van der Waals surface area contributed by atoms with Crippen LogP contribution in [-0.2, 0) is 19.0 Å². The zero-order valence-corrected chi connectivity index (χ0v) is 22.2. The summed E-state index contributed by atoms with van der Waals surface area (Å²) in [6.07, 6.45) is 5.60. The summed E-state index contributed by atoms with van der Waals surface area (Å²) in [5, 5.41) is 21.2. The van der Waals surface area contributed by atoms with Crippen molar-refractivity contribution in [3.63, 3.8) is 0 Å². The average molecular weight is 479 g/mol. The lowest BCUT2D eigenvalue weighted by atomic mass is 9.48. The molecule has 3 rings (SSSR count). The van der Waals surface area contributed by atoms with Crippen molar-refractivity contribution in [2.45, 2.75) is 123 Å². The molecule has 1 heterocycles. The predicted octanol–water partition coefficient (Wildman–Crippen LogP) is 4.93. The fraction of sp³-hybridized carbons (Fsp3) is 0.821. The minimum absolute atomic E-state index is 0.253. The Hall–Kier alpha value is -1.21. The molecule has 1 saturated carbocycles. The molecule has 34 heavy (non-hydrogen) atoms. The molecule has 2 aliphatic carbocycles. The molecule has 0 amide bonds. The molecule has 194 valence electrons. The molecule has 3 aliphatic rings. The van der Waals surface area contributed by atoms with Gasteiger partial charge in [0, 0.05) is 6.92 Å². The molecular weight excluding hydrogens is 432 g/mol. The van der Waals surface area contributed by atoms with Crippen molar-refractivity contribution in [1.82, 2.24) is 0 Å². The molecule has 0 radical (unpaired) electrons. The van der Waals surface area contributed by atoms with Crippen LogP contribution in [0.3, 0.4) is 0 Å². The minimum atomic E-state index is -1.30. The zero-order valence-electron chi connectivity index (χ0n) is 22.2. The highest BCUT2D eigenvalue weighted by Crippen LogP contribution is 2.60. The van der Waals surface area contributed by atoms with Crippen molar-refractivity contribution in [2.24, 2.45) is 22.7 Å². The predicted molar refractivity (Wildman–Crippen MR) is 132 cm³/mol. The van der Waals surface area contributed by atoms with Crippen LogP contribution in [0.25, 0.3) is 0 Å². The SMILES string of the molecule is C=C[C@@](C)(CCC1C(C)=CC[C@H]2C(C)(C)CCC[C@]12C)O[C@@H]1O[C@@H](C)[C@H](O)[C@@H](OC(C)=O)[C@H]1O. The van der Waals surface area contributed by atoms with E-state index in [-0.39, 0.29) is 5.41 Å². The van der Waals surface area contributed by atoms with Crippen molar-refractivity contribution < 1.29 is 29.2 Å². The Kier molecular flexibility index (Phi) is 8.08. The molecule has 1 aliphatic heterocycles. The molecule has 1 unspecified atom stereocenters. The maximum Gasteiger partial charge on any atom is 0.303 e. The quantitative estimate of drug-likeness (QED) is 0.399. The van der Waals surface area contributed by atoms with Crippen LogP contribution in [0.4, 0.5) is 0 Å². The summed E-state index contributed by atoms with van der Waals surface area (Å²) in [5.41, 5.74) is 1.30. The van der Waals surface area contributed by atoms with Crippen LogP contribution >= 0.6 is 0 Å². The van der Waals surface area contributed by atoms with Crippen LogP contribution in [0.15, 0.2) is 24.3 Å². The highest BCUT2D eigenvalue weighted by atomic mass is 16.7. The molecule has 0 aromatic carbocycles. The number of aliphatic hydroxyl groups excluding tert-OH is 2. The first-order valence-electron chi connectivity index (χ1n) is 12.9. The molecule has 0 aromatic heterocycles. The van der Waals surface area contributed by atoms with Crippen molar-refractivity contribution in [1.29, 1.82) is 0 Å². The van der Waals surface area contributed by atoms with Gasteiger partial charge in [-0.3, -0.25) is 4.79 Å². The van der Waals surface area contributed by atoms with Gasteiger partial charge in [-0.15, -0.1) is 6.58 Å². The van der Waals surface area contributed by atoms with Crippen molar-refractivity contribution >= 4 is 5.97 Å². The average Bonchev–Trinajstić information content (AvgIpc) is 2.73. The second-order valence-electron chi connectivity index (χ2n) is 12.1. The highest BCUT2D eigenvalue weighted by Gasteiger charge is 2.52. The fourth-order valence-electron chi connectivity index (χ4n) is 7.03. The van der Waals surface area contributed by atoms with Crippen LogP contribution in [0.2, 0.25) is 0 Å². The van der Waals surface area contributed by atoms with Crippen LogP contribution in [0.1, 0.15) is 87.0 Å². The van der Waals surface area contributed by atoms with E-state index in [1.807, 2.05) is 6.92 Å². The molecule has 0 bridgehead atoms. The van der Waals surface area contributed by atoms with Gasteiger partial charge in [-0.1, -0.05) is 44.9 Å². The number of ether oxygens (including phenoxy) is 3. The summed E-state index contributed by atoms with van der Waals surface area (Å²) < 4.78 is 17.3. The van der Waals surface area contributed by atoms with Gasteiger partial charge in [-0.2, -0.15) is 0 Å². The number of esters is 1. The Labute approximate surface area is 205 Å². The number of rotatable bonds is 7. The van der Waals surface area contributed by atoms with Gasteiger partial charge >= 0.3 is 5.97 Å². The summed E-state index contributed by atoms with van der Waals surface area (Å²) >= 11 is 0. The third-order valence-corrected chi connectivity index (χ3v) is 9.13. The van der Waals surface area contributed by atoms with Gasteiger partial charge in [0.2, 0.25) is 0 Å². The number of carbonyl (C=O) groups excluding carboxylic acids is 1. The normalized spacial score (nSPS) is 41.6. The summed E-state index contributed by atoms with van der Waals surface area (Å²) in [7, 11) is 0. The number of allylic oxidation sites excluding steroid dienone is 2. The molecule has 0 spiro atoms. The van der Waals surface area contributed by atoms with Crippen molar-refractivity contribution in [3.8, 4) is 0 Å². The van der Waals surface area contributed by atoms with E-state index >= 15 is 0 Å². The number of hydrogen-bond acceptors (Lipinski definition) is 6. The van der Waals surface area contributed by atoms with Gasteiger partial charge in [-0.25, -0.2) is 0 Å². The Bertz CT molecular complexity index is 790. The number of aliphatic hydroxyl groups is 2. The van der Waals surface area contributed by atoms with Gasteiger partial charge in [0.05, 0.1) is 11.7 Å². The van der Waals surface area contributed by atoms with Gasteiger partial charge < -0.3 is 24.4 Å². The second kappa shape index (κ2) is 10.0. The first kappa shape index (κ1) is 27.4. The van der Waals surface area contributed by atoms with Crippen LogP contribution in [-0.4, -0.2) is 52.5 Å². The van der Waals surface area contributed by atoms with Crippen molar-refractivity contribution in [3.05, 3.63) is 24.3 Å². The second-order valence-corrected chi connectivity index (χ2v) is 12.1. The minimum Gasteiger partial charge on any atom is -0.457 e. The first-order chi connectivity index (χ1) is 15.7. The summed E-state index contributed by atoms with van der Waals surface area (Å²) in [5.74, 6) is 0.550. The molecule has 1 saturated heterocycles. The van der Waals surface area contributed by atoms with E-state index < -0.39 is 42.3 Å². The lowest BCUT2D eigenvalue weighted by Crippen LogP contribution is -2.60. The van der Waals surface area contributed by atoms with Crippen molar-refractivity contribution in [2.75, 3.05) is 0 Å². The van der Waals surface area contributed by atoms with Crippen LogP contribution in [0, 0.1) is 22.7 Å². The largest absolute Gasteiger partial charge is 0.457 e. The molecule has 9 atom stereocenters. The zero-order chi connectivity index (χ0) is 25.5. The third kappa shape index (κ3) is 5.30.